The first-order chi connectivity index (χ1) is 9.90. The lowest BCUT2D eigenvalue weighted by atomic mass is 9.99. The molecule has 2 rings (SSSR count). The van der Waals surface area contributed by atoms with Crippen LogP contribution in [0.25, 0.3) is 0 Å². The van der Waals surface area contributed by atoms with Crippen LogP contribution in [0.3, 0.4) is 0 Å². The quantitative estimate of drug-likeness (QED) is 0.882. The van der Waals surface area contributed by atoms with E-state index in [-0.39, 0.29) is 11.9 Å². The summed E-state index contributed by atoms with van der Waals surface area (Å²) in [6.07, 6.45) is -2.48. The second-order valence-electron chi connectivity index (χ2n) is 5.20. The highest BCUT2D eigenvalue weighted by Gasteiger charge is 2.30. The predicted molar refractivity (Wildman–Crippen MR) is 73.8 cm³/mol. The molecule has 3 N–H and O–H groups in total. The Morgan fingerprint density at radius 3 is 2.57 bits per heavy atom. The molecular weight excluding hydrogens is 283 g/mol. The van der Waals surface area contributed by atoms with Crippen molar-refractivity contribution in [2.24, 2.45) is 11.7 Å². The van der Waals surface area contributed by atoms with Gasteiger partial charge in [-0.15, -0.1) is 0 Å². The van der Waals surface area contributed by atoms with Gasteiger partial charge in [0.25, 0.3) is 0 Å². The summed E-state index contributed by atoms with van der Waals surface area (Å²) in [6.45, 7) is 1.76. The number of anilines is 1. The summed E-state index contributed by atoms with van der Waals surface area (Å²) in [6, 6.07) is 4.12. The first-order valence-corrected chi connectivity index (χ1v) is 6.83. The molecule has 1 aromatic rings. The molecule has 0 saturated carbocycles. The number of piperidine rings is 1. The average Bonchev–Trinajstić information content (AvgIpc) is 2.47. The first-order valence-electron chi connectivity index (χ1n) is 6.83. The van der Waals surface area contributed by atoms with Gasteiger partial charge in [0.15, 0.2) is 0 Å². The lowest BCUT2D eigenvalue weighted by Crippen LogP contribution is -2.44. The van der Waals surface area contributed by atoms with Crippen molar-refractivity contribution >= 4 is 11.7 Å². The van der Waals surface area contributed by atoms with Gasteiger partial charge in [0, 0.05) is 18.8 Å². The molecule has 0 bridgehead atoms. The Morgan fingerprint density at radius 2 is 2.00 bits per heavy atom. The van der Waals surface area contributed by atoms with E-state index >= 15 is 0 Å². The second-order valence-corrected chi connectivity index (χ2v) is 5.20. The molecule has 0 aromatic heterocycles. The standard InChI is InChI=1S/C14H18F3N3O/c15-14(16,17)11-3-5-12(6-4-11)19-13(21)20-7-1-2-10(8-18)9-20/h3-6,10H,1-2,7-9,18H2,(H,19,21). The van der Waals surface area contributed by atoms with E-state index in [2.05, 4.69) is 5.32 Å². The van der Waals surface area contributed by atoms with Crippen molar-refractivity contribution in [3.8, 4) is 0 Å². The normalized spacial score (nSPS) is 19.4. The zero-order valence-electron chi connectivity index (χ0n) is 11.5. The van der Waals surface area contributed by atoms with Gasteiger partial charge in [-0.2, -0.15) is 13.2 Å². The predicted octanol–water partition coefficient (Wildman–Crippen LogP) is 2.91. The van der Waals surface area contributed by atoms with E-state index in [1.54, 1.807) is 4.90 Å². The maximum absolute atomic E-state index is 12.4. The third-order valence-corrected chi connectivity index (χ3v) is 3.60. The Labute approximate surface area is 121 Å². The molecule has 7 heteroatoms. The zero-order valence-corrected chi connectivity index (χ0v) is 11.5. The van der Waals surface area contributed by atoms with E-state index in [4.69, 9.17) is 5.73 Å². The number of likely N-dealkylation sites (tertiary alicyclic amines) is 1. The Bertz CT molecular complexity index is 487. The van der Waals surface area contributed by atoms with Gasteiger partial charge in [-0.05, 0) is 49.6 Å². The van der Waals surface area contributed by atoms with Crippen molar-refractivity contribution in [3.63, 3.8) is 0 Å². The number of halogens is 3. The molecule has 1 saturated heterocycles. The van der Waals surface area contributed by atoms with Crippen molar-refractivity contribution in [1.29, 1.82) is 0 Å². The average molecular weight is 301 g/mol. The van der Waals surface area contributed by atoms with Crippen LogP contribution in [0.2, 0.25) is 0 Å². The Hall–Kier alpha value is -1.76. The minimum Gasteiger partial charge on any atom is -0.330 e. The minimum absolute atomic E-state index is 0.289. The van der Waals surface area contributed by atoms with Crippen LogP contribution in [-0.4, -0.2) is 30.6 Å². The second kappa shape index (κ2) is 6.34. The summed E-state index contributed by atoms with van der Waals surface area (Å²) in [4.78, 5) is 13.7. The molecule has 1 fully saturated rings. The topological polar surface area (TPSA) is 58.4 Å². The summed E-state index contributed by atoms with van der Waals surface area (Å²) in [7, 11) is 0. The fourth-order valence-corrected chi connectivity index (χ4v) is 2.39. The molecular formula is C14H18F3N3O. The van der Waals surface area contributed by atoms with Crippen molar-refractivity contribution < 1.29 is 18.0 Å². The van der Waals surface area contributed by atoms with Gasteiger partial charge < -0.3 is 16.0 Å². The summed E-state index contributed by atoms with van der Waals surface area (Å²) in [5, 5.41) is 2.61. The molecule has 1 heterocycles. The van der Waals surface area contributed by atoms with E-state index in [1.807, 2.05) is 0 Å². The molecule has 1 atom stereocenters. The third-order valence-electron chi connectivity index (χ3n) is 3.60. The van der Waals surface area contributed by atoms with Crippen LogP contribution < -0.4 is 11.1 Å². The van der Waals surface area contributed by atoms with E-state index in [1.165, 1.54) is 12.1 Å². The van der Waals surface area contributed by atoms with E-state index < -0.39 is 11.7 Å². The van der Waals surface area contributed by atoms with Gasteiger partial charge in [0.2, 0.25) is 0 Å². The van der Waals surface area contributed by atoms with Gasteiger partial charge in [0.1, 0.15) is 0 Å². The van der Waals surface area contributed by atoms with Crippen LogP contribution in [-0.2, 0) is 6.18 Å². The largest absolute Gasteiger partial charge is 0.416 e. The summed E-state index contributed by atoms with van der Waals surface area (Å²) in [5.74, 6) is 0.289. The molecule has 0 aliphatic carbocycles. The SMILES string of the molecule is NCC1CCCN(C(=O)Nc2ccc(C(F)(F)F)cc2)C1. The van der Waals surface area contributed by atoms with Crippen LogP contribution >= 0.6 is 0 Å². The molecule has 1 aliphatic heterocycles. The van der Waals surface area contributed by atoms with Crippen molar-refractivity contribution in [2.45, 2.75) is 19.0 Å². The monoisotopic (exact) mass is 301 g/mol. The van der Waals surface area contributed by atoms with Crippen LogP contribution in [0.15, 0.2) is 24.3 Å². The van der Waals surface area contributed by atoms with Crippen LogP contribution in [0.5, 0.6) is 0 Å². The van der Waals surface area contributed by atoms with Gasteiger partial charge in [-0.1, -0.05) is 0 Å². The number of carbonyl (C=O) groups excluding carboxylic acids is 1. The highest BCUT2D eigenvalue weighted by atomic mass is 19.4. The van der Waals surface area contributed by atoms with E-state index in [0.29, 0.717) is 25.3 Å². The number of amides is 2. The number of benzene rings is 1. The number of nitrogens with two attached hydrogens (primary N) is 1. The Morgan fingerprint density at radius 1 is 1.33 bits per heavy atom. The zero-order chi connectivity index (χ0) is 15.5. The van der Waals surface area contributed by atoms with Gasteiger partial charge in [-0.3, -0.25) is 0 Å². The minimum atomic E-state index is -4.37. The first kappa shape index (κ1) is 15.6. The molecule has 21 heavy (non-hydrogen) atoms. The molecule has 1 aromatic carbocycles. The van der Waals surface area contributed by atoms with E-state index in [9.17, 15) is 18.0 Å². The number of alkyl halides is 3. The molecule has 1 aliphatic rings. The number of nitrogens with one attached hydrogen (secondary N) is 1. The number of rotatable bonds is 2. The highest BCUT2D eigenvalue weighted by molar-refractivity contribution is 5.89. The molecule has 4 nitrogen and oxygen atoms in total. The maximum Gasteiger partial charge on any atom is 0.416 e. The van der Waals surface area contributed by atoms with Crippen molar-refractivity contribution in [3.05, 3.63) is 29.8 Å². The van der Waals surface area contributed by atoms with Gasteiger partial charge >= 0.3 is 12.2 Å². The molecule has 0 spiro atoms. The number of urea groups is 1. The summed E-state index contributed by atoms with van der Waals surface area (Å²) in [5.41, 5.74) is 5.23. The maximum atomic E-state index is 12.4. The van der Waals surface area contributed by atoms with E-state index in [0.717, 1.165) is 25.0 Å². The van der Waals surface area contributed by atoms with Crippen LogP contribution in [0.4, 0.5) is 23.7 Å². The molecule has 2 amide bonds. The third kappa shape index (κ3) is 4.10. The van der Waals surface area contributed by atoms with Crippen molar-refractivity contribution in [1.82, 2.24) is 4.90 Å². The summed E-state index contributed by atoms with van der Waals surface area (Å²) < 4.78 is 37.3. The number of nitrogens with zero attached hydrogens (tertiary/aromatic N) is 1. The van der Waals surface area contributed by atoms with Gasteiger partial charge in [0.05, 0.1) is 5.56 Å². The lowest BCUT2D eigenvalue weighted by Gasteiger charge is -2.32. The smallest absolute Gasteiger partial charge is 0.330 e. The Kier molecular flexibility index (Phi) is 4.72. The number of hydrogen-bond donors (Lipinski definition) is 2. The molecule has 0 radical (unpaired) electrons. The fraction of sp³-hybridized carbons (Fsp3) is 0.500. The number of hydrogen-bond acceptors (Lipinski definition) is 2. The summed E-state index contributed by atoms with van der Waals surface area (Å²) >= 11 is 0. The fourth-order valence-electron chi connectivity index (χ4n) is 2.39. The molecule has 1 unspecified atom stereocenters. The highest BCUT2D eigenvalue weighted by Crippen LogP contribution is 2.29. The van der Waals surface area contributed by atoms with Crippen LogP contribution in [0.1, 0.15) is 18.4 Å². The van der Waals surface area contributed by atoms with Crippen molar-refractivity contribution in [2.75, 3.05) is 25.0 Å². The lowest BCUT2D eigenvalue weighted by molar-refractivity contribution is -0.137. The molecule has 116 valence electrons. The Balaban J connectivity index is 1.96. The van der Waals surface area contributed by atoms with Gasteiger partial charge in [-0.25, -0.2) is 4.79 Å². The van der Waals surface area contributed by atoms with Crippen LogP contribution in [0, 0.1) is 5.92 Å². The number of carbonyl (C=O) groups is 1.